The van der Waals surface area contributed by atoms with Gasteiger partial charge < -0.3 is 14.5 Å². The third kappa shape index (κ3) is 7.04. The zero-order valence-electron chi connectivity index (χ0n) is 22.5. The van der Waals surface area contributed by atoms with Crippen molar-refractivity contribution in [2.75, 3.05) is 55.6 Å². The Kier molecular flexibility index (Phi) is 10.0. The van der Waals surface area contributed by atoms with Gasteiger partial charge in [0.2, 0.25) is 0 Å². The summed E-state index contributed by atoms with van der Waals surface area (Å²) in [6.45, 7) is 19.7. The van der Waals surface area contributed by atoms with Gasteiger partial charge in [0.25, 0.3) is 0 Å². The van der Waals surface area contributed by atoms with Gasteiger partial charge in [0.15, 0.2) is 0 Å². The molecule has 1 aromatic rings. The van der Waals surface area contributed by atoms with Crippen LogP contribution in [0.3, 0.4) is 0 Å². The van der Waals surface area contributed by atoms with Crippen LogP contribution in [-0.2, 0) is 4.74 Å². The van der Waals surface area contributed by atoms with Crippen molar-refractivity contribution in [2.24, 2.45) is 5.41 Å². The zero-order valence-corrected chi connectivity index (χ0v) is 23.3. The van der Waals surface area contributed by atoms with Crippen molar-refractivity contribution in [3.63, 3.8) is 0 Å². The molecule has 0 amide bonds. The van der Waals surface area contributed by atoms with Crippen LogP contribution in [-0.4, -0.2) is 62.9 Å². The number of piperazine rings is 1. The van der Waals surface area contributed by atoms with E-state index in [9.17, 15) is 0 Å². The lowest BCUT2D eigenvalue weighted by atomic mass is 9.71. The van der Waals surface area contributed by atoms with Gasteiger partial charge in [-0.25, -0.2) is 0 Å². The van der Waals surface area contributed by atoms with Crippen LogP contribution in [0, 0.1) is 5.41 Å². The third-order valence-corrected chi connectivity index (χ3v) is 8.37. The fourth-order valence-electron chi connectivity index (χ4n) is 6.25. The van der Waals surface area contributed by atoms with Crippen LogP contribution in [0.25, 0.3) is 0 Å². The minimum Gasteiger partial charge on any atom is -0.372 e. The molecule has 1 aliphatic carbocycles. The Labute approximate surface area is 215 Å². The third-order valence-electron chi connectivity index (χ3n) is 8.37. The molecular weight excluding hydrogens is 442 g/mol. The largest absolute Gasteiger partial charge is 0.372 e. The second-order valence-corrected chi connectivity index (χ2v) is 11.9. The van der Waals surface area contributed by atoms with Crippen LogP contribution in [0.4, 0.5) is 11.4 Å². The first-order valence-electron chi connectivity index (χ1n) is 13.9. The summed E-state index contributed by atoms with van der Waals surface area (Å²) in [5.41, 5.74) is 5.05. The predicted octanol–water partition coefficient (Wildman–Crippen LogP) is 6.72. The van der Waals surface area contributed by atoms with Crippen molar-refractivity contribution < 1.29 is 4.74 Å². The first kappa shape index (κ1) is 27.6. The minimum atomic E-state index is 0. The zero-order chi connectivity index (χ0) is 23.4. The summed E-state index contributed by atoms with van der Waals surface area (Å²) >= 11 is 0. The van der Waals surface area contributed by atoms with E-state index < -0.39 is 0 Å². The number of hydrogen-bond donors (Lipinski definition) is 0. The van der Waals surface area contributed by atoms with Crippen molar-refractivity contribution in [1.82, 2.24) is 4.90 Å². The lowest BCUT2D eigenvalue weighted by molar-refractivity contribution is -0.00522. The average molecular weight is 492 g/mol. The van der Waals surface area contributed by atoms with Gasteiger partial charge in [0, 0.05) is 50.6 Å². The van der Waals surface area contributed by atoms with E-state index >= 15 is 0 Å². The van der Waals surface area contributed by atoms with Gasteiger partial charge in [-0.3, -0.25) is 4.90 Å². The maximum atomic E-state index is 6.02. The molecule has 2 saturated heterocycles. The van der Waals surface area contributed by atoms with E-state index in [1.54, 1.807) is 5.56 Å². The fourth-order valence-corrected chi connectivity index (χ4v) is 6.25. The quantitative estimate of drug-likeness (QED) is 0.394. The molecule has 0 N–H and O–H groups in total. The van der Waals surface area contributed by atoms with E-state index in [2.05, 4.69) is 67.5 Å². The molecule has 1 aromatic carbocycles. The normalized spacial score (nSPS) is 26.4. The molecule has 194 valence electrons. The van der Waals surface area contributed by atoms with Crippen LogP contribution in [0.2, 0.25) is 0 Å². The number of benzene rings is 1. The van der Waals surface area contributed by atoms with Gasteiger partial charge in [-0.1, -0.05) is 33.6 Å². The van der Waals surface area contributed by atoms with Gasteiger partial charge >= 0.3 is 0 Å². The second-order valence-electron chi connectivity index (χ2n) is 11.9. The molecular formula is C29H50ClN3O. The first-order valence-corrected chi connectivity index (χ1v) is 13.9. The van der Waals surface area contributed by atoms with Crippen LogP contribution in [0.5, 0.6) is 0 Å². The summed E-state index contributed by atoms with van der Waals surface area (Å²) in [4.78, 5) is 7.93. The summed E-state index contributed by atoms with van der Waals surface area (Å²) in [5.74, 6) is 0.700. The second kappa shape index (κ2) is 12.3. The van der Waals surface area contributed by atoms with Crippen molar-refractivity contribution in [3.8, 4) is 0 Å². The molecule has 0 radical (unpaired) electrons. The first-order chi connectivity index (χ1) is 15.8. The van der Waals surface area contributed by atoms with Gasteiger partial charge in [0.05, 0.1) is 12.2 Å². The van der Waals surface area contributed by atoms with Crippen molar-refractivity contribution in [3.05, 3.63) is 23.8 Å². The SMILES string of the molecule is CCCCCN1CCN(c2ccc(N3C[C@@H](C)O[C@@H](C)C3)cc2C2CCC(C)(C)CC2)CC1.Cl. The summed E-state index contributed by atoms with van der Waals surface area (Å²) in [6, 6.07) is 7.42. The van der Waals surface area contributed by atoms with Crippen LogP contribution < -0.4 is 9.80 Å². The van der Waals surface area contributed by atoms with E-state index in [1.165, 1.54) is 89.0 Å². The Balaban J connectivity index is 0.00000324. The van der Waals surface area contributed by atoms with Gasteiger partial charge in [-0.2, -0.15) is 0 Å². The van der Waals surface area contributed by atoms with Crippen molar-refractivity contribution >= 4 is 23.8 Å². The smallest absolute Gasteiger partial charge is 0.0726 e. The number of nitrogens with zero attached hydrogens (tertiary/aromatic N) is 3. The highest BCUT2D eigenvalue weighted by molar-refractivity contribution is 5.85. The number of ether oxygens (including phenoxy) is 1. The number of rotatable bonds is 7. The van der Waals surface area contributed by atoms with Crippen LogP contribution >= 0.6 is 12.4 Å². The number of hydrogen-bond acceptors (Lipinski definition) is 4. The molecule has 0 spiro atoms. The summed E-state index contributed by atoms with van der Waals surface area (Å²) in [5, 5.41) is 0. The maximum Gasteiger partial charge on any atom is 0.0726 e. The van der Waals surface area contributed by atoms with Crippen molar-refractivity contribution in [1.29, 1.82) is 0 Å². The minimum absolute atomic E-state index is 0. The number of anilines is 2. The van der Waals surface area contributed by atoms with E-state index in [1.807, 2.05) is 0 Å². The van der Waals surface area contributed by atoms with Crippen LogP contribution in [0.15, 0.2) is 18.2 Å². The average Bonchev–Trinajstić information content (AvgIpc) is 2.79. The van der Waals surface area contributed by atoms with E-state index in [4.69, 9.17) is 4.74 Å². The summed E-state index contributed by atoms with van der Waals surface area (Å²) < 4.78 is 6.02. The molecule has 2 heterocycles. The molecule has 2 atom stereocenters. The topological polar surface area (TPSA) is 19.0 Å². The molecule has 0 aromatic heterocycles. The molecule has 4 nitrogen and oxygen atoms in total. The van der Waals surface area contributed by atoms with E-state index in [-0.39, 0.29) is 12.4 Å². The van der Waals surface area contributed by atoms with E-state index in [0.29, 0.717) is 23.5 Å². The fraction of sp³-hybridized carbons (Fsp3) is 0.793. The molecule has 1 saturated carbocycles. The monoisotopic (exact) mass is 491 g/mol. The standard InChI is InChI=1S/C29H49N3O.ClH/c1-6-7-8-15-30-16-18-31(19-17-30)28-10-9-26(32-21-23(2)33-24(3)22-32)20-27(28)25-11-13-29(4,5)14-12-25;/h9-10,20,23-25H,6-8,11-19,21-22H2,1-5H3;1H/t23-,24+;. The molecule has 3 aliphatic rings. The van der Waals surface area contributed by atoms with Gasteiger partial charge in [-0.15, -0.1) is 12.4 Å². The number of unbranched alkanes of at least 4 members (excludes halogenated alkanes) is 2. The molecule has 34 heavy (non-hydrogen) atoms. The lowest BCUT2D eigenvalue weighted by Gasteiger charge is -2.41. The molecule has 3 fully saturated rings. The molecule has 0 unspecified atom stereocenters. The highest BCUT2D eigenvalue weighted by atomic mass is 35.5. The maximum absolute atomic E-state index is 6.02. The van der Waals surface area contributed by atoms with Crippen molar-refractivity contribution in [2.45, 2.75) is 97.7 Å². The highest BCUT2D eigenvalue weighted by Gasteiger charge is 2.31. The molecule has 4 rings (SSSR count). The Morgan fingerprint density at radius 2 is 1.56 bits per heavy atom. The Morgan fingerprint density at radius 1 is 0.912 bits per heavy atom. The number of halogens is 1. The number of morpholine rings is 1. The Hall–Kier alpha value is -0.970. The van der Waals surface area contributed by atoms with Gasteiger partial charge in [-0.05, 0) is 87.6 Å². The molecule has 2 aliphatic heterocycles. The Bertz CT molecular complexity index is 742. The van der Waals surface area contributed by atoms with Crippen LogP contribution in [0.1, 0.15) is 91.0 Å². The summed E-state index contributed by atoms with van der Waals surface area (Å²) in [6.07, 6.45) is 9.98. The molecule has 5 heteroatoms. The predicted molar refractivity (Wildman–Crippen MR) is 149 cm³/mol. The van der Waals surface area contributed by atoms with Gasteiger partial charge in [0.1, 0.15) is 0 Å². The summed E-state index contributed by atoms with van der Waals surface area (Å²) in [7, 11) is 0. The highest BCUT2D eigenvalue weighted by Crippen LogP contribution is 2.46. The molecule has 0 bridgehead atoms. The Morgan fingerprint density at radius 3 is 2.18 bits per heavy atom. The lowest BCUT2D eigenvalue weighted by Crippen LogP contribution is -2.47. The van der Waals surface area contributed by atoms with E-state index in [0.717, 1.165) is 13.1 Å².